The monoisotopic (exact) mass is 546 g/mol. The summed E-state index contributed by atoms with van der Waals surface area (Å²) >= 11 is 0. The fraction of sp³-hybridized carbons (Fsp3) is 1.00. The average molecular weight is 546 g/mol. The summed E-state index contributed by atoms with van der Waals surface area (Å²) in [5, 5.41) is 7.57. The lowest BCUT2D eigenvalue weighted by Crippen LogP contribution is -2.30. The van der Waals surface area contributed by atoms with Crippen molar-refractivity contribution in [1.82, 2.24) is 4.90 Å². The molecule has 2 heteroatoms. The molecule has 0 aliphatic rings. The van der Waals surface area contributed by atoms with Gasteiger partial charge in [0.2, 0.25) is 0 Å². The second kappa shape index (κ2) is 53.2. The van der Waals surface area contributed by atoms with Crippen LogP contribution in [0.15, 0.2) is 0 Å². The maximum absolute atomic E-state index is 7.57. The van der Waals surface area contributed by atoms with Gasteiger partial charge < -0.3 is 10.0 Å². The van der Waals surface area contributed by atoms with E-state index in [4.69, 9.17) is 5.11 Å². The molecular formula is C36H83NO. The molecule has 0 aromatic heterocycles. The summed E-state index contributed by atoms with van der Waals surface area (Å²) in [4.78, 5) is 2.70. The Morgan fingerprint density at radius 2 is 0.763 bits per heavy atom. The molecule has 0 aromatic rings. The summed E-state index contributed by atoms with van der Waals surface area (Å²) in [6, 6.07) is 0. The first-order valence-corrected chi connectivity index (χ1v) is 17.7. The van der Waals surface area contributed by atoms with E-state index >= 15 is 0 Å². The van der Waals surface area contributed by atoms with Crippen molar-refractivity contribution in [2.24, 2.45) is 5.92 Å². The van der Waals surface area contributed by atoms with Crippen LogP contribution in [-0.2, 0) is 0 Å². The quantitative estimate of drug-likeness (QED) is 0.145. The van der Waals surface area contributed by atoms with Gasteiger partial charge in [-0.15, -0.1) is 0 Å². The van der Waals surface area contributed by atoms with E-state index < -0.39 is 0 Å². The zero-order valence-corrected chi connectivity index (χ0v) is 29.4. The minimum Gasteiger partial charge on any atom is -0.397 e. The Balaban J connectivity index is -0.000000184. The minimum atomic E-state index is 0.250. The predicted molar refractivity (Wildman–Crippen MR) is 182 cm³/mol. The number of hydrogen-bond donors (Lipinski definition) is 1. The second-order valence-corrected chi connectivity index (χ2v) is 11.1. The molecule has 0 bridgehead atoms. The molecule has 0 heterocycles. The van der Waals surface area contributed by atoms with E-state index in [0.29, 0.717) is 0 Å². The highest BCUT2D eigenvalue weighted by molar-refractivity contribution is 4.62. The van der Waals surface area contributed by atoms with Gasteiger partial charge in [-0.25, -0.2) is 0 Å². The van der Waals surface area contributed by atoms with Crippen LogP contribution in [0.4, 0.5) is 0 Å². The molecule has 1 unspecified atom stereocenters. The molecule has 0 saturated heterocycles. The van der Waals surface area contributed by atoms with Crippen molar-refractivity contribution in [3.05, 3.63) is 0 Å². The number of rotatable bonds is 21. The highest BCUT2D eigenvalue weighted by atomic mass is 16.2. The van der Waals surface area contributed by atoms with Crippen molar-refractivity contribution < 1.29 is 5.11 Å². The van der Waals surface area contributed by atoms with Gasteiger partial charge in [-0.1, -0.05) is 185 Å². The fourth-order valence-corrected chi connectivity index (χ4v) is 3.68. The van der Waals surface area contributed by atoms with E-state index in [1.165, 1.54) is 148 Å². The molecule has 1 N–H and O–H groups in total. The van der Waals surface area contributed by atoms with Gasteiger partial charge in [0.15, 0.2) is 0 Å². The van der Waals surface area contributed by atoms with Crippen LogP contribution in [-0.4, -0.2) is 36.2 Å². The van der Waals surface area contributed by atoms with Gasteiger partial charge in [0, 0.05) is 13.2 Å². The van der Waals surface area contributed by atoms with Crippen LogP contribution in [0.3, 0.4) is 0 Å². The third-order valence-electron chi connectivity index (χ3n) is 6.34. The highest BCUT2D eigenvalue weighted by Crippen LogP contribution is 2.12. The molecule has 1 atom stereocenters. The Morgan fingerprint density at radius 1 is 0.447 bits per heavy atom. The van der Waals surface area contributed by atoms with Crippen LogP contribution in [0.25, 0.3) is 0 Å². The van der Waals surface area contributed by atoms with Gasteiger partial charge in [0.25, 0.3) is 0 Å². The number of aliphatic hydroxyl groups excluding tert-OH is 1. The standard InChI is InChI=1S/C21H45N.C6H14.C4H10.C3H8.C2H6O/c1-5-8-9-10-11-12-13-14-15-16-17-19-22(18-6-2)20-21(4)7-3;1-3-5-6-4-2;1-3-4-2;1-3-2;1-2-3/h21H,5-20H2,1-4H3;3-6H2,1-2H3;3-4H2,1-2H3;3H2,1-2H3;3H,2H2,1H3. The van der Waals surface area contributed by atoms with Crippen molar-refractivity contribution in [3.8, 4) is 0 Å². The van der Waals surface area contributed by atoms with Crippen LogP contribution in [0.1, 0.15) is 205 Å². The molecule has 0 aliphatic carbocycles. The second-order valence-electron chi connectivity index (χ2n) is 11.1. The lowest BCUT2D eigenvalue weighted by atomic mass is 10.1. The van der Waals surface area contributed by atoms with Crippen molar-refractivity contribution in [3.63, 3.8) is 0 Å². The summed E-state index contributed by atoms with van der Waals surface area (Å²) in [5.41, 5.74) is 0. The zero-order valence-electron chi connectivity index (χ0n) is 29.4. The first-order chi connectivity index (χ1) is 18.4. The van der Waals surface area contributed by atoms with Crippen molar-refractivity contribution >= 4 is 0 Å². The van der Waals surface area contributed by atoms with Crippen LogP contribution in [0.2, 0.25) is 0 Å². The number of aliphatic hydroxyl groups is 1. The summed E-state index contributed by atoms with van der Waals surface area (Å²) in [7, 11) is 0. The van der Waals surface area contributed by atoms with Crippen molar-refractivity contribution in [2.75, 3.05) is 26.2 Å². The third kappa shape index (κ3) is 65.2. The van der Waals surface area contributed by atoms with Gasteiger partial charge in [-0.2, -0.15) is 0 Å². The van der Waals surface area contributed by atoms with Crippen LogP contribution >= 0.6 is 0 Å². The van der Waals surface area contributed by atoms with E-state index in [1.54, 1.807) is 6.92 Å². The molecule has 0 spiro atoms. The Bertz CT molecular complexity index is 300. The summed E-state index contributed by atoms with van der Waals surface area (Å²) in [6.45, 7) is 28.2. The normalized spacial score (nSPS) is 10.7. The Kier molecular flexibility index (Phi) is 66.8. The van der Waals surface area contributed by atoms with Gasteiger partial charge in [-0.05, 0) is 38.8 Å². The molecule has 0 saturated carbocycles. The zero-order chi connectivity index (χ0) is 30.1. The van der Waals surface area contributed by atoms with Crippen molar-refractivity contribution in [2.45, 2.75) is 205 Å². The molecule has 2 nitrogen and oxygen atoms in total. The van der Waals surface area contributed by atoms with Gasteiger partial charge in [0.05, 0.1) is 0 Å². The number of nitrogens with zero attached hydrogens (tertiary/aromatic N) is 1. The summed E-state index contributed by atoms with van der Waals surface area (Å²) < 4.78 is 0. The van der Waals surface area contributed by atoms with E-state index in [2.05, 4.69) is 74.1 Å². The SMILES string of the molecule is CCC.CCCC.CCCCCC.CCCCCCCCCCCCCN(CCC)CC(C)CC.CCO. The van der Waals surface area contributed by atoms with E-state index in [1.807, 2.05) is 0 Å². The molecule has 238 valence electrons. The molecule has 0 rings (SSSR count). The average Bonchev–Trinajstić information content (AvgIpc) is 2.92. The lowest BCUT2D eigenvalue weighted by Gasteiger charge is -2.24. The van der Waals surface area contributed by atoms with E-state index in [0.717, 1.165) is 5.92 Å². The van der Waals surface area contributed by atoms with E-state index in [9.17, 15) is 0 Å². The largest absolute Gasteiger partial charge is 0.397 e. The van der Waals surface area contributed by atoms with Gasteiger partial charge in [0.1, 0.15) is 0 Å². The molecule has 0 radical (unpaired) electrons. The Hall–Kier alpha value is -0.0800. The number of unbranched alkanes of at least 4 members (excludes halogenated alkanes) is 14. The first kappa shape index (κ1) is 47.7. The summed E-state index contributed by atoms with van der Waals surface area (Å²) in [6.07, 6.45) is 28.0. The highest BCUT2D eigenvalue weighted by Gasteiger charge is 2.07. The molecule has 0 amide bonds. The van der Waals surface area contributed by atoms with Crippen molar-refractivity contribution in [1.29, 1.82) is 0 Å². The maximum Gasteiger partial charge on any atom is 0.0402 e. The lowest BCUT2D eigenvalue weighted by molar-refractivity contribution is 0.230. The molecule has 38 heavy (non-hydrogen) atoms. The predicted octanol–water partition coefficient (Wildman–Crippen LogP) is 12.9. The van der Waals surface area contributed by atoms with Gasteiger partial charge >= 0.3 is 0 Å². The number of hydrogen-bond acceptors (Lipinski definition) is 2. The third-order valence-corrected chi connectivity index (χ3v) is 6.34. The fourth-order valence-electron chi connectivity index (χ4n) is 3.68. The first-order valence-electron chi connectivity index (χ1n) is 17.7. The van der Waals surface area contributed by atoms with Gasteiger partial charge in [-0.3, -0.25) is 0 Å². The molecule has 0 aromatic carbocycles. The summed E-state index contributed by atoms with van der Waals surface area (Å²) in [5.74, 6) is 0.860. The van der Waals surface area contributed by atoms with Crippen LogP contribution in [0, 0.1) is 5.92 Å². The molecule has 0 aliphatic heterocycles. The topological polar surface area (TPSA) is 23.5 Å². The Labute approximate surface area is 246 Å². The van der Waals surface area contributed by atoms with Crippen LogP contribution < -0.4 is 0 Å². The minimum absolute atomic E-state index is 0.250. The molecular weight excluding hydrogens is 462 g/mol. The Morgan fingerprint density at radius 3 is 1.05 bits per heavy atom. The molecule has 0 fully saturated rings. The maximum atomic E-state index is 7.57. The van der Waals surface area contributed by atoms with Crippen LogP contribution in [0.5, 0.6) is 0 Å². The smallest absolute Gasteiger partial charge is 0.0402 e. The van der Waals surface area contributed by atoms with E-state index in [-0.39, 0.29) is 6.61 Å².